The Bertz CT molecular complexity index is 1170. The molecular weight excluding hydrogens is 356 g/mol. The average Bonchev–Trinajstić information content (AvgIpc) is 3.01. The number of benzene rings is 2. The summed E-state index contributed by atoms with van der Waals surface area (Å²) in [6.07, 6.45) is 2.47. The van der Waals surface area contributed by atoms with Crippen LogP contribution in [0.15, 0.2) is 63.8 Å². The second-order valence-electron chi connectivity index (χ2n) is 6.49. The van der Waals surface area contributed by atoms with Gasteiger partial charge >= 0.3 is 5.63 Å². The lowest BCUT2D eigenvalue weighted by Crippen LogP contribution is -2.29. The lowest BCUT2D eigenvalue weighted by atomic mass is 9.98. The van der Waals surface area contributed by atoms with Crippen LogP contribution in [0, 0.1) is 6.92 Å². The van der Waals surface area contributed by atoms with Gasteiger partial charge in [0.15, 0.2) is 0 Å². The maximum atomic E-state index is 12.7. The summed E-state index contributed by atoms with van der Waals surface area (Å²) in [5.41, 5.74) is 3.39. The van der Waals surface area contributed by atoms with E-state index in [1.165, 1.54) is 12.2 Å². The lowest BCUT2D eigenvalue weighted by molar-refractivity contribution is -0.119. The average molecular weight is 374 g/mol. The normalized spacial score (nSPS) is 13.6. The minimum absolute atomic E-state index is 0.380. The second kappa shape index (κ2) is 6.81. The van der Waals surface area contributed by atoms with Gasteiger partial charge in [-0.1, -0.05) is 18.2 Å². The largest absolute Gasteiger partial charge is 0.422 e. The van der Waals surface area contributed by atoms with Crippen LogP contribution in [0.2, 0.25) is 0 Å². The standard InChI is InChI=1S/C22H18N2O4/c1-3-23-16-5-4-6-17-21(16)13(2)20(22(27)28-17)14-7-9-15(10-8-14)24-18(25)11-12-19(24)26/h4-12,23H,3H2,1-2H3. The third-order valence-corrected chi connectivity index (χ3v) is 4.77. The maximum Gasteiger partial charge on any atom is 0.344 e. The van der Waals surface area contributed by atoms with Crippen LogP contribution in [0.3, 0.4) is 0 Å². The molecule has 28 heavy (non-hydrogen) atoms. The van der Waals surface area contributed by atoms with Crippen LogP contribution in [0.5, 0.6) is 0 Å². The van der Waals surface area contributed by atoms with Gasteiger partial charge in [0.2, 0.25) is 0 Å². The Kier molecular flexibility index (Phi) is 4.31. The molecule has 1 aliphatic heterocycles. The number of anilines is 2. The SMILES string of the molecule is CCNc1cccc2oc(=O)c(-c3ccc(N4C(=O)C=CC4=O)cc3)c(C)c12. The van der Waals surface area contributed by atoms with Crippen LogP contribution in [0.25, 0.3) is 22.1 Å². The van der Waals surface area contributed by atoms with Crippen molar-refractivity contribution in [2.45, 2.75) is 13.8 Å². The molecule has 0 saturated carbocycles. The number of carbonyl (C=O) groups is 2. The maximum absolute atomic E-state index is 12.7. The topological polar surface area (TPSA) is 79.6 Å². The number of amides is 2. The van der Waals surface area contributed by atoms with Gasteiger partial charge in [0, 0.05) is 29.8 Å². The minimum atomic E-state index is -0.429. The van der Waals surface area contributed by atoms with Crippen LogP contribution in [-0.4, -0.2) is 18.4 Å². The zero-order valence-corrected chi connectivity index (χ0v) is 15.5. The van der Waals surface area contributed by atoms with E-state index in [0.717, 1.165) is 28.1 Å². The van der Waals surface area contributed by atoms with Crippen molar-refractivity contribution >= 4 is 34.2 Å². The van der Waals surface area contributed by atoms with Crippen molar-refractivity contribution in [1.29, 1.82) is 0 Å². The quantitative estimate of drug-likeness (QED) is 0.557. The van der Waals surface area contributed by atoms with Crippen molar-refractivity contribution in [2.24, 2.45) is 0 Å². The van der Waals surface area contributed by atoms with Crippen LogP contribution < -0.4 is 15.8 Å². The van der Waals surface area contributed by atoms with E-state index in [1.807, 2.05) is 26.0 Å². The van der Waals surface area contributed by atoms with Gasteiger partial charge in [0.05, 0.1) is 11.3 Å². The van der Waals surface area contributed by atoms with Gasteiger partial charge in [-0.3, -0.25) is 9.59 Å². The highest BCUT2D eigenvalue weighted by Crippen LogP contribution is 2.32. The first-order valence-corrected chi connectivity index (χ1v) is 8.98. The van der Waals surface area contributed by atoms with E-state index in [1.54, 1.807) is 30.3 Å². The summed E-state index contributed by atoms with van der Waals surface area (Å²) >= 11 is 0. The molecule has 4 rings (SSSR count). The predicted octanol–water partition coefficient (Wildman–Crippen LogP) is 3.63. The van der Waals surface area contributed by atoms with Gasteiger partial charge in [0.25, 0.3) is 11.8 Å². The summed E-state index contributed by atoms with van der Waals surface area (Å²) in [5, 5.41) is 4.15. The van der Waals surface area contributed by atoms with Crippen LogP contribution in [0.1, 0.15) is 12.5 Å². The van der Waals surface area contributed by atoms with Gasteiger partial charge < -0.3 is 9.73 Å². The molecule has 2 heterocycles. The third kappa shape index (κ3) is 2.79. The zero-order chi connectivity index (χ0) is 19.8. The number of nitrogens with zero attached hydrogens (tertiary/aromatic N) is 1. The summed E-state index contributed by atoms with van der Waals surface area (Å²) in [6, 6.07) is 12.3. The summed E-state index contributed by atoms with van der Waals surface area (Å²) in [4.78, 5) is 37.4. The number of hydrogen-bond donors (Lipinski definition) is 1. The fourth-order valence-electron chi connectivity index (χ4n) is 3.54. The van der Waals surface area contributed by atoms with E-state index < -0.39 is 5.63 Å². The number of fused-ring (bicyclic) bond motifs is 1. The number of imide groups is 1. The Morgan fingerprint density at radius 2 is 1.64 bits per heavy atom. The van der Waals surface area contributed by atoms with Gasteiger partial charge in [-0.25, -0.2) is 9.69 Å². The highest BCUT2D eigenvalue weighted by Gasteiger charge is 2.25. The van der Waals surface area contributed by atoms with E-state index in [-0.39, 0.29) is 11.8 Å². The molecule has 0 spiro atoms. The second-order valence-corrected chi connectivity index (χ2v) is 6.49. The van der Waals surface area contributed by atoms with Gasteiger partial charge in [-0.15, -0.1) is 0 Å². The van der Waals surface area contributed by atoms with Crippen LogP contribution in [0.4, 0.5) is 11.4 Å². The molecule has 140 valence electrons. The molecule has 6 nitrogen and oxygen atoms in total. The van der Waals surface area contributed by atoms with E-state index in [2.05, 4.69) is 5.32 Å². The van der Waals surface area contributed by atoms with Gasteiger partial charge in [0.1, 0.15) is 5.58 Å². The highest BCUT2D eigenvalue weighted by molar-refractivity contribution is 6.28. The van der Waals surface area contributed by atoms with Crippen molar-refractivity contribution in [3.05, 3.63) is 70.6 Å². The highest BCUT2D eigenvalue weighted by atomic mass is 16.4. The molecule has 1 aromatic heterocycles. The molecule has 1 N–H and O–H groups in total. The van der Waals surface area contributed by atoms with Crippen molar-refractivity contribution in [2.75, 3.05) is 16.8 Å². The zero-order valence-electron chi connectivity index (χ0n) is 15.5. The Hall–Kier alpha value is -3.67. The lowest BCUT2D eigenvalue weighted by Gasteiger charge is -2.15. The van der Waals surface area contributed by atoms with Crippen LogP contribution in [-0.2, 0) is 9.59 Å². The smallest absolute Gasteiger partial charge is 0.344 e. The summed E-state index contributed by atoms with van der Waals surface area (Å²) in [7, 11) is 0. The molecule has 2 aromatic carbocycles. The molecule has 6 heteroatoms. The summed E-state index contributed by atoms with van der Waals surface area (Å²) in [6.45, 7) is 4.64. The Morgan fingerprint density at radius 3 is 2.29 bits per heavy atom. The molecule has 0 atom stereocenters. The molecule has 0 fully saturated rings. The van der Waals surface area contributed by atoms with Crippen molar-refractivity contribution in [1.82, 2.24) is 0 Å². The number of nitrogens with one attached hydrogen (secondary N) is 1. The molecule has 0 aliphatic carbocycles. The first-order chi connectivity index (χ1) is 13.5. The molecule has 0 bridgehead atoms. The molecule has 1 aliphatic rings. The number of hydrogen-bond acceptors (Lipinski definition) is 5. The number of aryl methyl sites for hydroxylation is 1. The number of rotatable bonds is 4. The molecule has 0 unspecified atom stereocenters. The molecule has 0 radical (unpaired) electrons. The Balaban J connectivity index is 1.83. The summed E-state index contributed by atoms with van der Waals surface area (Å²) < 4.78 is 5.55. The number of carbonyl (C=O) groups excluding carboxylic acids is 2. The van der Waals surface area contributed by atoms with E-state index in [9.17, 15) is 14.4 Å². The Labute approximate surface area is 161 Å². The van der Waals surface area contributed by atoms with Gasteiger partial charge in [-0.05, 0) is 49.2 Å². The minimum Gasteiger partial charge on any atom is -0.422 e. The van der Waals surface area contributed by atoms with Crippen molar-refractivity contribution in [3.8, 4) is 11.1 Å². The summed E-state index contributed by atoms with van der Waals surface area (Å²) in [5.74, 6) is -0.760. The fourth-order valence-corrected chi connectivity index (χ4v) is 3.54. The fraction of sp³-hybridized carbons (Fsp3) is 0.136. The van der Waals surface area contributed by atoms with E-state index in [4.69, 9.17) is 4.42 Å². The van der Waals surface area contributed by atoms with E-state index >= 15 is 0 Å². The molecular formula is C22H18N2O4. The van der Waals surface area contributed by atoms with Crippen molar-refractivity contribution in [3.63, 3.8) is 0 Å². The molecule has 3 aromatic rings. The van der Waals surface area contributed by atoms with Crippen LogP contribution >= 0.6 is 0 Å². The van der Waals surface area contributed by atoms with E-state index in [0.29, 0.717) is 22.4 Å². The first-order valence-electron chi connectivity index (χ1n) is 8.98. The predicted molar refractivity (Wildman–Crippen MR) is 108 cm³/mol. The monoisotopic (exact) mass is 374 g/mol. The molecule has 2 amide bonds. The van der Waals surface area contributed by atoms with Crippen molar-refractivity contribution < 1.29 is 14.0 Å². The first kappa shape index (κ1) is 17.7. The third-order valence-electron chi connectivity index (χ3n) is 4.77. The molecule has 0 saturated heterocycles. The van der Waals surface area contributed by atoms with Gasteiger partial charge in [-0.2, -0.15) is 0 Å². The Morgan fingerprint density at radius 1 is 0.964 bits per heavy atom.